The van der Waals surface area contributed by atoms with Gasteiger partial charge in [-0.25, -0.2) is 0 Å². The van der Waals surface area contributed by atoms with Crippen LogP contribution >= 0.6 is 0 Å². The summed E-state index contributed by atoms with van der Waals surface area (Å²) in [6.07, 6.45) is 0. The Bertz CT molecular complexity index is 335. The highest BCUT2D eigenvalue weighted by Gasteiger charge is 2.26. The molecule has 1 atom stereocenters. The minimum absolute atomic E-state index is 0.216. The van der Waals surface area contributed by atoms with Gasteiger partial charge in [0.25, 0.3) is 0 Å². The number of aryl methyl sites for hydroxylation is 1. The molecular weight excluding hydrogens is 208 g/mol. The highest BCUT2D eigenvalue weighted by atomic mass is 15.1. The Balaban J connectivity index is 2.70. The molecule has 0 aliphatic carbocycles. The number of hydrogen-bond donors (Lipinski definition) is 1. The molecule has 0 aromatic heterocycles. The van der Waals surface area contributed by atoms with Gasteiger partial charge in [-0.2, -0.15) is 0 Å². The fourth-order valence-electron chi connectivity index (χ4n) is 2.29. The van der Waals surface area contributed by atoms with Crippen molar-refractivity contribution in [3.63, 3.8) is 0 Å². The summed E-state index contributed by atoms with van der Waals surface area (Å²) in [7, 11) is 2.16. The molecule has 17 heavy (non-hydrogen) atoms. The predicted octanol–water partition coefficient (Wildman–Crippen LogP) is 2.80. The summed E-state index contributed by atoms with van der Waals surface area (Å²) in [6.45, 7) is 10.5. The summed E-state index contributed by atoms with van der Waals surface area (Å²) < 4.78 is 0. The topological polar surface area (TPSA) is 29.3 Å². The molecular formula is C15H26N2. The molecule has 0 aliphatic rings. The van der Waals surface area contributed by atoms with E-state index in [0.717, 1.165) is 6.54 Å². The molecule has 0 saturated carbocycles. The van der Waals surface area contributed by atoms with Gasteiger partial charge in [0.05, 0.1) is 0 Å². The SMILES string of the molecule is Cc1ccc(CN(C)C(CN)C(C)(C)C)cc1. The summed E-state index contributed by atoms with van der Waals surface area (Å²) in [5.41, 5.74) is 8.77. The van der Waals surface area contributed by atoms with E-state index in [1.165, 1.54) is 11.1 Å². The van der Waals surface area contributed by atoms with Crippen LogP contribution in [-0.2, 0) is 6.54 Å². The van der Waals surface area contributed by atoms with Crippen molar-refractivity contribution in [2.24, 2.45) is 11.1 Å². The van der Waals surface area contributed by atoms with E-state index in [-0.39, 0.29) is 5.41 Å². The van der Waals surface area contributed by atoms with Gasteiger partial charge in [-0.15, -0.1) is 0 Å². The van der Waals surface area contributed by atoms with Gasteiger partial charge < -0.3 is 5.73 Å². The molecule has 0 spiro atoms. The average molecular weight is 234 g/mol. The van der Waals surface area contributed by atoms with Crippen molar-refractivity contribution in [3.05, 3.63) is 35.4 Å². The summed E-state index contributed by atoms with van der Waals surface area (Å²) in [5, 5.41) is 0. The van der Waals surface area contributed by atoms with Crippen molar-refractivity contribution < 1.29 is 0 Å². The van der Waals surface area contributed by atoms with Crippen LogP contribution in [-0.4, -0.2) is 24.5 Å². The molecule has 0 fully saturated rings. The van der Waals surface area contributed by atoms with E-state index < -0.39 is 0 Å². The number of rotatable bonds is 4. The Labute approximate surface area is 106 Å². The summed E-state index contributed by atoms with van der Waals surface area (Å²) in [6, 6.07) is 9.13. The number of benzene rings is 1. The standard InChI is InChI=1S/C15H26N2/c1-12-6-8-13(9-7-12)11-17(5)14(10-16)15(2,3)4/h6-9,14H,10-11,16H2,1-5H3. The smallest absolute Gasteiger partial charge is 0.0267 e. The number of likely N-dealkylation sites (N-methyl/N-ethyl adjacent to an activating group) is 1. The first-order chi connectivity index (χ1) is 7.84. The van der Waals surface area contributed by atoms with Crippen molar-refractivity contribution in [2.75, 3.05) is 13.6 Å². The third-order valence-electron chi connectivity index (χ3n) is 3.31. The minimum atomic E-state index is 0.216. The van der Waals surface area contributed by atoms with Gasteiger partial charge >= 0.3 is 0 Å². The van der Waals surface area contributed by atoms with Crippen LogP contribution < -0.4 is 5.73 Å². The van der Waals surface area contributed by atoms with E-state index in [1.807, 2.05) is 0 Å². The molecule has 1 rings (SSSR count). The quantitative estimate of drug-likeness (QED) is 0.868. The first kappa shape index (κ1) is 14.2. The maximum Gasteiger partial charge on any atom is 0.0267 e. The van der Waals surface area contributed by atoms with Crippen molar-refractivity contribution in [1.29, 1.82) is 0 Å². The van der Waals surface area contributed by atoms with Crippen LogP contribution in [0.2, 0.25) is 0 Å². The Hall–Kier alpha value is -0.860. The normalized spacial score (nSPS) is 14.1. The molecule has 1 aromatic rings. The molecule has 0 heterocycles. The maximum atomic E-state index is 5.90. The zero-order valence-corrected chi connectivity index (χ0v) is 11.8. The van der Waals surface area contributed by atoms with Crippen molar-refractivity contribution in [1.82, 2.24) is 4.90 Å². The number of nitrogens with two attached hydrogens (primary N) is 1. The Morgan fingerprint density at radius 3 is 2.12 bits per heavy atom. The van der Waals surface area contributed by atoms with Crippen LogP contribution in [0, 0.1) is 12.3 Å². The Kier molecular flexibility index (Phi) is 4.72. The lowest BCUT2D eigenvalue weighted by molar-refractivity contribution is 0.125. The lowest BCUT2D eigenvalue weighted by atomic mass is 9.85. The number of hydrogen-bond acceptors (Lipinski definition) is 2. The fraction of sp³-hybridized carbons (Fsp3) is 0.600. The largest absolute Gasteiger partial charge is 0.329 e. The van der Waals surface area contributed by atoms with E-state index in [1.54, 1.807) is 0 Å². The lowest BCUT2D eigenvalue weighted by Crippen LogP contribution is -2.46. The molecule has 2 N–H and O–H groups in total. The molecule has 1 aromatic carbocycles. The number of nitrogens with zero attached hydrogens (tertiary/aromatic N) is 1. The summed E-state index contributed by atoms with van der Waals surface area (Å²) >= 11 is 0. The fourth-order valence-corrected chi connectivity index (χ4v) is 2.29. The minimum Gasteiger partial charge on any atom is -0.329 e. The van der Waals surface area contributed by atoms with Gasteiger partial charge in [0.1, 0.15) is 0 Å². The van der Waals surface area contributed by atoms with Gasteiger partial charge in [-0.1, -0.05) is 50.6 Å². The molecule has 0 bridgehead atoms. The van der Waals surface area contributed by atoms with Crippen molar-refractivity contribution in [3.8, 4) is 0 Å². The van der Waals surface area contributed by atoms with Gasteiger partial charge in [-0.3, -0.25) is 4.90 Å². The van der Waals surface area contributed by atoms with Crippen LogP contribution in [0.5, 0.6) is 0 Å². The molecule has 0 saturated heterocycles. The van der Waals surface area contributed by atoms with E-state index in [9.17, 15) is 0 Å². The lowest BCUT2D eigenvalue weighted by Gasteiger charge is -2.37. The second kappa shape index (κ2) is 5.65. The Morgan fingerprint density at radius 2 is 1.71 bits per heavy atom. The highest BCUT2D eigenvalue weighted by molar-refractivity contribution is 5.21. The van der Waals surface area contributed by atoms with Gasteiger partial charge in [0.2, 0.25) is 0 Å². The van der Waals surface area contributed by atoms with Crippen LogP contribution in [0.25, 0.3) is 0 Å². The molecule has 1 unspecified atom stereocenters. The van der Waals surface area contributed by atoms with E-state index >= 15 is 0 Å². The maximum absolute atomic E-state index is 5.90. The first-order valence-corrected chi connectivity index (χ1v) is 6.30. The van der Waals surface area contributed by atoms with Crippen LogP contribution in [0.3, 0.4) is 0 Å². The molecule has 2 heteroatoms. The van der Waals surface area contributed by atoms with Gasteiger partial charge in [0, 0.05) is 19.1 Å². The monoisotopic (exact) mass is 234 g/mol. The highest BCUT2D eigenvalue weighted by Crippen LogP contribution is 2.23. The third kappa shape index (κ3) is 4.14. The van der Waals surface area contributed by atoms with Gasteiger partial charge in [0.15, 0.2) is 0 Å². The zero-order chi connectivity index (χ0) is 13.1. The molecule has 96 valence electrons. The summed E-state index contributed by atoms with van der Waals surface area (Å²) in [4.78, 5) is 2.35. The second-order valence-corrected chi connectivity index (χ2v) is 6.02. The van der Waals surface area contributed by atoms with E-state index in [4.69, 9.17) is 5.73 Å². The van der Waals surface area contributed by atoms with Gasteiger partial charge in [-0.05, 0) is 24.9 Å². The molecule has 0 radical (unpaired) electrons. The van der Waals surface area contributed by atoms with E-state index in [2.05, 4.69) is 63.9 Å². The molecule has 0 amide bonds. The van der Waals surface area contributed by atoms with Crippen LogP contribution in [0.15, 0.2) is 24.3 Å². The molecule has 0 aliphatic heterocycles. The summed E-state index contributed by atoms with van der Waals surface area (Å²) in [5.74, 6) is 0. The Morgan fingerprint density at radius 1 is 1.18 bits per heavy atom. The molecule has 2 nitrogen and oxygen atoms in total. The van der Waals surface area contributed by atoms with Crippen LogP contribution in [0.1, 0.15) is 31.9 Å². The average Bonchev–Trinajstić information content (AvgIpc) is 2.20. The zero-order valence-electron chi connectivity index (χ0n) is 11.8. The second-order valence-electron chi connectivity index (χ2n) is 6.02. The first-order valence-electron chi connectivity index (χ1n) is 6.30. The van der Waals surface area contributed by atoms with Crippen molar-refractivity contribution >= 4 is 0 Å². The van der Waals surface area contributed by atoms with Crippen molar-refractivity contribution in [2.45, 2.75) is 40.3 Å². The van der Waals surface area contributed by atoms with Crippen LogP contribution in [0.4, 0.5) is 0 Å². The van der Waals surface area contributed by atoms with E-state index in [0.29, 0.717) is 12.6 Å². The predicted molar refractivity (Wildman–Crippen MR) is 74.9 cm³/mol. The third-order valence-corrected chi connectivity index (χ3v) is 3.31.